The van der Waals surface area contributed by atoms with Gasteiger partial charge in [0.05, 0.1) is 16.7 Å². The summed E-state index contributed by atoms with van der Waals surface area (Å²) >= 11 is 1.84. The van der Waals surface area contributed by atoms with Crippen LogP contribution in [-0.4, -0.2) is 19.5 Å². The molecule has 0 aliphatic rings. The van der Waals surface area contributed by atoms with Gasteiger partial charge in [-0.15, -0.1) is 11.3 Å². The largest absolute Gasteiger partial charge is 0.308 e. The second kappa shape index (κ2) is 15.9. The zero-order valence-electron chi connectivity index (χ0n) is 37.2. The van der Waals surface area contributed by atoms with Gasteiger partial charge < -0.3 is 4.57 Å². The van der Waals surface area contributed by atoms with Crippen LogP contribution in [0.15, 0.2) is 194 Å². The molecule has 0 fully saturated rings. The SMILES string of the molecule is Cc1ccc(-c2ccc3c(c2)c2cc(-c4ccc(C)cc4C)ccc2n3-c2ccc(-c3cccc4sc5ccccc5c34)cc2-c2nc(-c3ccccc3)nc(-c3ccccc3)n2)c(C)c1. The van der Waals surface area contributed by atoms with Crippen molar-refractivity contribution in [2.24, 2.45) is 0 Å². The van der Waals surface area contributed by atoms with Crippen LogP contribution in [0.1, 0.15) is 22.3 Å². The van der Waals surface area contributed by atoms with E-state index < -0.39 is 0 Å². The first-order valence-corrected chi connectivity index (χ1v) is 23.3. The molecule has 314 valence electrons. The maximum Gasteiger partial charge on any atom is 0.166 e. The minimum atomic E-state index is 0.607. The fourth-order valence-electron chi connectivity index (χ4n) is 9.91. The Bertz CT molecular complexity index is 3700. The number of fused-ring (bicyclic) bond motifs is 6. The summed E-state index contributed by atoms with van der Waals surface area (Å²) in [4.78, 5) is 15.9. The first-order valence-electron chi connectivity index (χ1n) is 22.5. The molecule has 0 spiro atoms. The molecule has 9 aromatic carbocycles. The van der Waals surface area contributed by atoms with Crippen molar-refractivity contribution < 1.29 is 0 Å². The number of aromatic nitrogens is 4. The molecule has 3 aromatic heterocycles. The summed E-state index contributed by atoms with van der Waals surface area (Å²) in [5, 5.41) is 4.89. The van der Waals surface area contributed by atoms with E-state index in [0.29, 0.717) is 17.5 Å². The van der Waals surface area contributed by atoms with Crippen LogP contribution in [0, 0.1) is 27.7 Å². The van der Waals surface area contributed by atoms with Gasteiger partial charge in [-0.25, -0.2) is 15.0 Å². The Morgan fingerprint density at radius 2 is 0.864 bits per heavy atom. The van der Waals surface area contributed by atoms with Crippen molar-refractivity contribution in [1.29, 1.82) is 0 Å². The van der Waals surface area contributed by atoms with Gasteiger partial charge in [0, 0.05) is 47.6 Å². The summed E-state index contributed by atoms with van der Waals surface area (Å²) in [5.74, 6) is 1.86. The second-order valence-electron chi connectivity index (χ2n) is 17.5. The van der Waals surface area contributed by atoms with Crippen molar-refractivity contribution in [2.75, 3.05) is 0 Å². The van der Waals surface area contributed by atoms with Gasteiger partial charge in [0.1, 0.15) is 0 Å². The van der Waals surface area contributed by atoms with Crippen LogP contribution >= 0.6 is 11.3 Å². The molecular weight excluding hydrogens is 821 g/mol. The summed E-state index contributed by atoms with van der Waals surface area (Å²) in [5.41, 5.74) is 18.2. The average molecular weight is 865 g/mol. The van der Waals surface area contributed by atoms with Crippen LogP contribution in [-0.2, 0) is 0 Å². The highest BCUT2D eigenvalue weighted by Crippen LogP contribution is 2.44. The quantitative estimate of drug-likeness (QED) is 0.160. The minimum absolute atomic E-state index is 0.607. The topological polar surface area (TPSA) is 43.6 Å². The van der Waals surface area contributed by atoms with Crippen LogP contribution < -0.4 is 0 Å². The summed E-state index contributed by atoms with van der Waals surface area (Å²) in [7, 11) is 0. The van der Waals surface area contributed by atoms with Crippen molar-refractivity contribution in [3.63, 3.8) is 0 Å². The summed E-state index contributed by atoms with van der Waals surface area (Å²) in [6.07, 6.45) is 0. The van der Waals surface area contributed by atoms with Crippen LogP contribution in [0.5, 0.6) is 0 Å². The van der Waals surface area contributed by atoms with E-state index in [-0.39, 0.29) is 0 Å². The predicted octanol–water partition coefficient (Wildman–Crippen LogP) is 16.6. The van der Waals surface area contributed by atoms with Crippen molar-refractivity contribution in [3.05, 3.63) is 216 Å². The Morgan fingerprint density at radius 1 is 0.348 bits per heavy atom. The molecule has 0 saturated heterocycles. The first-order chi connectivity index (χ1) is 32.3. The maximum absolute atomic E-state index is 5.37. The predicted molar refractivity (Wildman–Crippen MR) is 279 cm³/mol. The first kappa shape index (κ1) is 39.6. The third-order valence-electron chi connectivity index (χ3n) is 13.0. The Kier molecular flexibility index (Phi) is 9.55. The molecule has 0 amide bonds. The van der Waals surface area contributed by atoms with Crippen molar-refractivity contribution in [1.82, 2.24) is 19.5 Å². The normalized spacial score (nSPS) is 11.6. The van der Waals surface area contributed by atoms with E-state index in [4.69, 9.17) is 15.0 Å². The third kappa shape index (κ3) is 6.79. The number of aryl methyl sites for hydroxylation is 4. The lowest BCUT2D eigenvalue weighted by atomic mass is 9.95. The van der Waals surface area contributed by atoms with Gasteiger partial charge in [-0.2, -0.15) is 0 Å². The second-order valence-corrected chi connectivity index (χ2v) is 18.6. The lowest BCUT2D eigenvalue weighted by molar-refractivity contribution is 1.06. The van der Waals surface area contributed by atoms with Crippen LogP contribution in [0.25, 0.3) is 115 Å². The Labute approximate surface area is 388 Å². The van der Waals surface area contributed by atoms with E-state index in [1.807, 2.05) is 47.7 Å². The lowest BCUT2D eigenvalue weighted by Gasteiger charge is -2.17. The van der Waals surface area contributed by atoms with Gasteiger partial charge >= 0.3 is 0 Å². The van der Waals surface area contributed by atoms with Gasteiger partial charge in [-0.05, 0) is 121 Å². The highest BCUT2D eigenvalue weighted by molar-refractivity contribution is 7.25. The third-order valence-corrected chi connectivity index (χ3v) is 14.2. The van der Waals surface area contributed by atoms with E-state index >= 15 is 0 Å². The van der Waals surface area contributed by atoms with Crippen LogP contribution in [0.3, 0.4) is 0 Å². The molecule has 0 aliphatic carbocycles. The summed E-state index contributed by atoms with van der Waals surface area (Å²) in [6.45, 7) is 8.74. The number of benzene rings is 9. The molecular formula is C61H44N4S. The van der Waals surface area contributed by atoms with E-state index in [1.54, 1.807) is 0 Å². The van der Waals surface area contributed by atoms with Crippen molar-refractivity contribution >= 4 is 53.3 Å². The number of hydrogen-bond donors (Lipinski definition) is 0. The fraction of sp³-hybridized carbons (Fsp3) is 0.0656. The molecule has 5 heteroatoms. The molecule has 0 aliphatic heterocycles. The van der Waals surface area contributed by atoms with Crippen LogP contribution in [0.2, 0.25) is 0 Å². The zero-order valence-corrected chi connectivity index (χ0v) is 38.0. The van der Waals surface area contributed by atoms with Gasteiger partial charge in [-0.1, -0.05) is 157 Å². The maximum atomic E-state index is 5.37. The Balaban J connectivity index is 1.17. The number of rotatable bonds is 7. The van der Waals surface area contributed by atoms with E-state index in [0.717, 1.165) is 39.0 Å². The highest BCUT2D eigenvalue weighted by Gasteiger charge is 2.23. The van der Waals surface area contributed by atoms with Crippen LogP contribution in [0.4, 0.5) is 0 Å². The molecule has 0 bridgehead atoms. The molecule has 0 N–H and O–H groups in total. The van der Waals surface area contributed by atoms with Gasteiger partial charge in [0.15, 0.2) is 17.5 Å². The molecule has 4 nitrogen and oxygen atoms in total. The molecule has 12 rings (SSSR count). The van der Waals surface area contributed by atoms with E-state index in [2.05, 4.69) is 190 Å². The van der Waals surface area contributed by atoms with Gasteiger partial charge in [0.25, 0.3) is 0 Å². The fourth-order valence-corrected chi connectivity index (χ4v) is 11.0. The van der Waals surface area contributed by atoms with E-state index in [9.17, 15) is 0 Å². The number of thiophene rings is 1. The monoisotopic (exact) mass is 864 g/mol. The molecule has 12 aromatic rings. The van der Waals surface area contributed by atoms with Crippen molar-refractivity contribution in [3.8, 4) is 73.2 Å². The van der Waals surface area contributed by atoms with E-state index in [1.165, 1.54) is 81.0 Å². The van der Waals surface area contributed by atoms with Crippen molar-refractivity contribution in [2.45, 2.75) is 27.7 Å². The zero-order chi connectivity index (χ0) is 44.5. The lowest BCUT2D eigenvalue weighted by Crippen LogP contribution is -2.04. The standard InChI is InChI=1S/C61H44N4S/c1-37-22-27-46(39(3)32-37)43-24-29-53-50(34-43)51-35-44(47-28-23-38(2)33-40(47)4)25-30-54(51)65(53)55-31-26-45(48-19-13-21-57-58(48)49-18-11-12-20-56(49)66-57)36-52(55)61-63-59(41-14-7-5-8-15-41)62-60(64-61)42-16-9-6-10-17-42/h5-36H,1-4H3. The molecule has 0 atom stereocenters. The Morgan fingerprint density at radius 3 is 1.45 bits per heavy atom. The summed E-state index contributed by atoms with van der Waals surface area (Å²) < 4.78 is 4.97. The summed E-state index contributed by atoms with van der Waals surface area (Å²) in [6, 6.07) is 70.2. The van der Waals surface area contributed by atoms with Gasteiger partial charge in [0.2, 0.25) is 0 Å². The smallest absolute Gasteiger partial charge is 0.166 e. The molecule has 0 saturated carbocycles. The minimum Gasteiger partial charge on any atom is -0.308 e. The molecule has 66 heavy (non-hydrogen) atoms. The number of nitrogens with zero attached hydrogens (tertiary/aromatic N) is 4. The highest BCUT2D eigenvalue weighted by atomic mass is 32.1. The van der Waals surface area contributed by atoms with Gasteiger partial charge in [-0.3, -0.25) is 0 Å². The Hall–Kier alpha value is -7.99. The molecule has 0 unspecified atom stereocenters. The average Bonchev–Trinajstić information content (AvgIpc) is 3.89. The number of hydrogen-bond acceptors (Lipinski definition) is 4. The molecule has 3 heterocycles. The molecule has 0 radical (unpaired) electrons.